The van der Waals surface area contributed by atoms with Gasteiger partial charge in [0.25, 0.3) is 0 Å². The molecule has 0 aliphatic carbocycles. The average molecular weight is 269 g/mol. The van der Waals surface area contributed by atoms with Crippen LogP contribution in [0, 0.1) is 0 Å². The largest absolute Gasteiger partial charge is 0.447 e. The highest BCUT2D eigenvalue weighted by Gasteiger charge is 2.21. The topological polar surface area (TPSA) is 61.5 Å². The molecule has 0 heterocycles. The predicted octanol–water partition coefficient (Wildman–Crippen LogP) is 2.72. The van der Waals surface area contributed by atoms with Crippen molar-refractivity contribution in [2.75, 3.05) is 0 Å². The lowest BCUT2D eigenvalue weighted by molar-refractivity contribution is -0.147. The first-order valence-corrected chi connectivity index (χ1v) is 6.09. The molecule has 102 valence electrons. The molecule has 4 heteroatoms. The normalized spacial score (nSPS) is 10.1. The van der Waals surface area contributed by atoms with Gasteiger partial charge >= 0.3 is 5.97 Å². The fourth-order valence-corrected chi connectivity index (χ4v) is 1.81. The molecular formula is C16H15NO3. The molecule has 0 aromatic heterocycles. The minimum atomic E-state index is -0.690. The number of hydrogen-bond acceptors (Lipinski definition) is 4. The summed E-state index contributed by atoms with van der Waals surface area (Å²) >= 11 is 0. The summed E-state index contributed by atoms with van der Waals surface area (Å²) < 4.78 is 5.43. The lowest BCUT2D eigenvalue weighted by Gasteiger charge is -2.18. The third-order valence-corrected chi connectivity index (χ3v) is 2.80. The third-order valence-electron chi connectivity index (χ3n) is 2.80. The third kappa shape index (κ3) is 3.24. The minimum Gasteiger partial charge on any atom is -0.447 e. The quantitative estimate of drug-likeness (QED) is 0.392. The van der Waals surface area contributed by atoms with Crippen LogP contribution in [0.3, 0.4) is 0 Å². The van der Waals surface area contributed by atoms with Crippen molar-refractivity contribution in [3.05, 3.63) is 84.1 Å². The molecule has 2 aromatic carbocycles. The Hall–Kier alpha value is -2.59. The van der Waals surface area contributed by atoms with E-state index in [0.717, 1.165) is 11.1 Å². The van der Waals surface area contributed by atoms with E-state index in [9.17, 15) is 4.79 Å². The van der Waals surface area contributed by atoms with E-state index in [4.69, 9.17) is 10.6 Å². The van der Waals surface area contributed by atoms with Crippen LogP contribution in [0.5, 0.6) is 0 Å². The standard InChI is InChI=1S/C16H15NO3/c1-12(20-17)16(18)19-15(13-8-4-2-5-9-13)14-10-6-3-7-11-14/h2-11,15H,1,17H2. The summed E-state index contributed by atoms with van der Waals surface area (Å²) in [6.07, 6.45) is -0.531. The Labute approximate surface area is 117 Å². The Morgan fingerprint density at radius 1 is 0.950 bits per heavy atom. The van der Waals surface area contributed by atoms with Crippen LogP contribution in [0.1, 0.15) is 17.2 Å². The van der Waals surface area contributed by atoms with Crippen molar-refractivity contribution in [3.63, 3.8) is 0 Å². The first-order chi connectivity index (χ1) is 9.72. The number of rotatable bonds is 5. The van der Waals surface area contributed by atoms with Gasteiger partial charge in [-0.25, -0.2) is 4.79 Å². The van der Waals surface area contributed by atoms with Gasteiger partial charge in [0.05, 0.1) is 0 Å². The number of carbonyl (C=O) groups excluding carboxylic acids is 1. The van der Waals surface area contributed by atoms with E-state index in [2.05, 4.69) is 11.4 Å². The van der Waals surface area contributed by atoms with Gasteiger partial charge in [-0.3, -0.25) is 0 Å². The second-order valence-electron chi connectivity index (χ2n) is 4.15. The number of hydrogen-bond donors (Lipinski definition) is 1. The molecule has 0 fully saturated rings. The molecule has 0 aliphatic rings. The Morgan fingerprint density at radius 3 is 1.80 bits per heavy atom. The maximum atomic E-state index is 11.8. The van der Waals surface area contributed by atoms with Crippen molar-refractivity contribution >= 4 is 5.97 Å². The van der Waals surface area contributed by atoms with Crippen LogP contribution in [0.15, 0.2) is 73.0 Å². The van der Waals surface area contributed by atoms with Gasteiger partial charge in [-0.1, -0.05) is 60.7 Å². The van der Waals surface area contributed by atoms with Gasteiger partial charge < -0.3 is 9.57 Å². The van der Waals surface area contributed by atoms with Gasteiger partial charge in [0.2, 0.25) is 5.76 Å². The Morgan fingerprint density at radius 2 is 1.40 bits per heavy atom. The molecule has 0 unspecified atom stereocenters. The number of ether oxygens (including phenoxy) is 1. The molecule has 4 nitrogen and oxygen atoms in total. The second-order valence-corrected chi connectivity index (χ2v) is 4.15. The van der Waals surface area contributed by atoms with Crippen LogP contribution in [0.25, 0.3) is 0 Å². The molecular weight excluding hydrogens is 254 g/mol. The fraction of sp³-hybridized carbons (Fsp3) is 0.0625. The van der Waals surface area contributed by atoms with Gasteiger partial charge in [0.1, 0.15) is 0 Å². The van der Waals surface area contributed by atoms with Crippen LogP contribution < -0.4 is 5.90 Å². The maximum absolute atomic E-state index is 11.8. The molecule has 0 atom stereocenters. The van der Waals surface area contributed by atoms with Crippen molar-refractivity contribution in [2.24, 2.45) is 5.90 Å². The van der Waals surface area contributed by atoms with Crippen molar-refractivity contribution in [2.45, 2.75) is 6.10 Å². The summed E-state index contributed by atoms with van der Waals surface area (Å²) in [6, 6.07) is 18.9. The molecule has 0 radical (unpaired) electrons. The van der Waals surface area contributed by atoms with Gasteiger partial charge in [0.15, 0.2) is 6.10 Å². The van der Waals surface area contributed by atoms with E-state index in [1.54, 1.807) is 0 Å². The van der Waals surface area contributed by atoms with Gasteiger partial charge in [-0.05, 0) is 17.7 Å². The molecule has 2 aromatic rings. The molecule has 0 bridgehead atoms. The zero-order chi connectivity index (χ0) is 14.4. The van der Waals surface area contributed by atoms with E-state index in [1.165, 1.54) is 0 Å². The first-order valence-electron chi connectivity index (χ1n) is 6.09. The Kier molecular flexibility index (Phi) is 4.52. The van der Waals surface area contributed by atoms with Crippen molar-refractivity contribution in [1.29, 1.82) is 0 Å². The number of nitrogens with two attached hydrogens (primary N) is 1. The van der Waals surface area contributed by atoms with E-state index < -0.39 is 12.1 Å². The van der Waals surface area contributed by atoms with Gasteiger partial charge in [-0.15, -0.1) is 0 Å². The second kappa shape index (κ2) is 6.54. The van der Waals surface area contributed by atoms with Gasteiger partial charge in [0, 0.05) is 0 Å². The van der Waals surface area contributed by atoms with Crippen molar-refractivity contribution in [3.8, 4) is 0 Å². The van der Waals surface area contributed by atoms with Crippen LogP contribution in [-0.2, 0) is 14.4 Å². The summed E-state index contributed by atoms with van der Waals surface area (Å²) in [7, 11) is 0. The smallest absolute Gasteiger partial charge is 0.376 e. The highest BCUT2D eigenvalue weighted by atomic mass is 16.6. The maximum Gasteiger partial charge on any atom is 0.376 e. The van der Waals surface area contributed by atoms with Crippen LogP contribution in [0.4, 0.5) is 0 Å². The summed E-state index contributed by atoms with van der Waals surface area (Å²) in [5.41, 5.74) is 1.72. The van der Waals surface area contributed by atoms with Crippen LogP contribution in [-0.4, -0.2) is 5.97 Å². The molecule has 20 heavy (non-hydrogen) atoms. The molecule has 0 amide bonds. The van der Waals surface area contributed by atoms with Crippen LogP contribution >= 0.6 is 0 Å². The Bertz CT molecular complexity index is 542. The molecule has 0 aliphatic heterocycles. The molecule has 0 spiro atoms. The molecule has 0 saturated heterocycles. The summed E-state index contributed by atoms with van der Waals surface area (Å²) in [5.74, 6) is 4.00. The lowest BCUT2D eigenvalue weighted by Crippen LogP contribution is -2.17. The minimum absolute atomic E-state index is 0.234. The molecule has 0 saturated carbocycles. The first kappa shape index (κ1) is 13.8. The average Bonchev–Trinajstić information content (AvgIpc) is 2.53. The van der Waals surface area contributed by atoms with E-state index in [-0.39, 0.29) is 5.76 Å². The monoisotopic (exact) mass is 269 g/mol. The number of benzene rings is 2. The van der Waals surface area contributed by atoms with E-state index in [0.29, 0.717) is 0 Å². The molecule has 2 N–H and O–H groups in total. The SMILES string of the molecule is C=C(ON)C(=O)OC(c1ccccc1)c1ccccc1. The van der Waals surface area contributed by atoms with E-state index in [1.807, 2.05) is 60.7 Å². The fourth-order valence-electron chi connectivity index (χ4n) is 1.81. The van der Waals surface area contributed by atoms with Crippen LogP contribution in [0.2, 0.25) is 0 Å². The number of esters is 1. The summed E-state index contributed by atoms with van der Waals surface area (Å²) in [4.78, 5) is 16.1. The highest BCUT2D eigenvalue weighted by molar-refractivity contribution is 5.85. The lowest BCUT2D eigenvalue weighted by atomic mass is 10.0. The zero-order valence-electron chi connectivity index (χ0n) is 10.9. The summed E-state index contributed by atoms with van der Waals surface area (Å²) in [5, 5.41) is 0. The highest BCUT2D eigenvalue weighted by Crippen LogP contribution is 2.26. The van der Waals surface area contributed by atoms with Crippen molar-refractivity contribution < 1.29 is 14.4 Å². The predicted molar refractivity (Wildman–Crippen MR) is 75.2 cm³/mol. The van der Waals surface area contributed by atoms with E-state index >= 15 is 0 Å². The van der Waals surface area contributed by atoms with Gasteiger partial charge in [-0.2, -0.15) is 5.90 Å². The Balaban J connectivity index is 2.31. The zero-order valence-corrected chi connectivity index (χ0v) is 10.9. The summed E-state index contributed by atoms with van der Waals surface area (Å²) in [6.45, 7) is 3.39. The van der Waals surface area contributed by atoms with Crippen molar-refractivity contribution in [1.82, 2.24) is 0 Å². The number of carbonyl (C=O) groups is 1. The molecule has 2 rings (SSSR count).